The van der Waals surface area contributed by atoms with Gasteiger partial charge in [-0.2, -0.15) is 5.10 Å². The molecule has 1 aliphatic heterocycles. The molecule has 1 aromatic carbocycles. The summed E-state index contributed by atoms with van der Waals surface area (Å²) in [5.41, 5.74) is 1.02. The second-order valence-corrected chi connectivity index (χ2v) is 7.82. The Bertz CT molecular complexity index is 804. The molecule has 2 fully saturated rings. The number of urea groups is 1. The molecule has 144 valence electrons. The number of hydrogen-bond donors (Lipinski definition) is 0. The van der Waals surface area contributed by atoms with Gasteiger partial charge < -0.3 is 9.80 Å². The van der Waals surface area contributed by atoms with Gasteiger partial charge in [-0.3, -0.25) is 0 Å². The van der Waals surface area contributed by atoms with E-state index in [1.165, 1.54) is 12.1 Å². The van der Waals surface area contributed by atoms with Gasteiger partial charge in [0.25, 0.3) is 0 Å². The summed E-state index contributed by atoms with van der Waals surface area (Å²) in [5.74, 6) is 2.52. The van der Waals surface area contributed by atoms with E-state index in [1.807, 2.05) is 9.58 Å². The van der Waals surface area contributed by atoms with Crippen molar-refractivity contribution in [3.63, 3.8) is 0 Å². The third-order valence-electron chi connectivity index (χ3n) is 5.42. The Hall–Kier alpha value is -2.44. The van der Waals surface area contributed by atoms with E-state index in [0.717, 1.165) is 56.0 Å². The molecule has 6 nitrogen and oxygen atoms in total. The first kappa shape index (κ1) is 17.9. The molecule has 2 amide bonds. The molecule has 1 saturated carbocycles. The highest BCUT2D eigenvalue weighted by Gasteiger charge is 2.32. The minimum Gasteiger partial charge on any atom is -0.331 e. The first-order valence-electron chi connectivity index (χ1n) is 9.66. The summed E-state index contributed by atoms with van der Waals surface area (Å²) >= 11 is 0. The van der Waals surface area contributed by atoms with Gasteiger partial charge in [-0.05, 0) is 43.4 Å². The number of piperidine rings is 1. The van der Waals surface area contributed by atoms with Crippen LogP contribution in [-0.2, 0) is 6.54 Å². The summed E-state index contributed by atoms with van der Waals surface area (Å²) in [6, 6.07) is 6.64. The molecule has 0 spiro atoms. The summed E-state index contributed by atoms with van der Waals surface area (Å²) in [5, 5.41) is 4.77. The molecular formula is C20H26FN5O. The Balaban J connectivity index is 1.51. The van der Waals surface area contributed by atoms with Crippen molar-refractivity contribution < 1.29 is 9.18 Å². The van der Waals surface area contributed by atoms with E-state index in [1.54, 1.807) is 31.1 Å². The molecule has 0 N–H and O–H groups in total. The van der Waals surface area contributed by atoms with Crippen LogP contribution in [0.2, 0.25) is 0 Å². The number of carbonyl (C=O) groups excluding carboxylic acids is 1. The number of amides is 2. The van der Waals surface area contributed by atoms with E-state index in [2.05, 4.69) is 0 Å². The van der Waals surface area contributed by atoms with Crippen LogP contribution in [0.1, 0.15) is 54.7 Å². The highest BCUT2D eigenvalue weighted by molar-refractivity contribution is 5.73. The van der Waals surface area contributed by atoms with Crippen molar-refractivity contribution in [2.75, 3.05) is 27.2 Å². The second kappa shape index (κ2) is 7.29. The van der Waals surface area contributed by atoms with E-state index >= 15 is 0 Å². The van der Waals surface area contributed by atoms with Gasteiger partial charge in [0.15, 0.2) is 5.82 Å². The Morgan fingerprint density at radius 1 is 1.11 bits per heavy atom. The highest BCUT2D eigenvalue weighted by atomic mass is 19.1. The molecular weight excluding hydrogens is 345 g/mol. The maximum absolute atomic E-state index is 13.2. The maximum Gasteiger partial charge on any atom is 0.319 e. The Morgan fingerprint density at radius 2 is 1.78 bits per heavy atom. The van der Waals surface area contributed by atoms with Gasteiger partial charge in [0.2, 0.25) is 0 Å². The number of aromatic nitrogens is 3. The molecule has 2 aromatic rings. The first-order chi connectivity index (χ1) is 13.0. The summed E-state index contributed by atoms with van der Waals surface area (Å²) in [4.78, 5) is 20.6. The van der Waals surface area contributed by atoms with Crippen LogP contribution in [0.3, 0.4) is 0 Å². The van der Waals surface area contributed by atoms with E-state index in [4.69, 9.17) is 10.1 Å². The lowest BCUT2D eigenvalue weighted by molar-refractivity contribution is 0.155. The minimum absolute atomic E-state index is 0.0694. The molecule has 0 atom stereocenters. The van der Waals surface area contributed by atoms with Crippen molar-refractivity contribution in [1.29, 1.82) is 0 Å². The lowest BCUT2D eigenvalue weighted by Crippen LogP contribution is -2.43. The van der Waals surface area contributed by atoms with Crippen LogP contribution in [0.4, 0.5) is 9.18 Å². The van der Waals surface area contributed by atoms with Crippen molar-refractivity contribution >= 4 is 6.03 Å². The van der Waals surface area contributed by atoms with Crippen molar-refractivity contribution in [3.05, 3.63) is 47.3 Å². The van der Waals surface area contributed by atoms with Gasteiger partial charge in [-0.25, -0.2) is 18.9 Å². The van der Waals surface area contributed by atoms with E-state index in [9.17, 15) is 9.18 Å². The number of nitrogens with zero attached hydrogens (tertiary/aromatic N) is 5. The maximum atomic E-state index is 13.2. The molecule has 1 saturated heterocycles. The Morgan fingerprint density at radius 3 is 2.37 bits per heavy atom. The zero-order chi connectivity index (χ0) is 19.0. The summed E-state index contributed by atoms with van der Waals surface area (Å²) < 4.78 is 15.2. The fourth-order valence-electron chi connectivity index (χ4n) is 3.68. The van der Waals surface area contributed by atoms with Gasteiger partial charge >= 0.3 is 6.03 Å². The second-order valence-electron chi connectivity index (χ2n) is 7.82. The molecule has 27 heavy (non-hydrogen) atoms. The third-order valence-corrected chi connectivity index (χ3v) is 5.42. The van der Waals surface area contributed by atoms with Crippen LogP contribution in [0.25, 0.3) is 0 Å². The SMILES string of the molecule is CN(C)C(=O)N1CCC(c2nc(C3CC3)nn2Cc2ccc(F)cc2)CC1. The van der Waals surface area contributed by atoms with E-state index < -0.39 is 0 Å². The molecule has 0 bridgehead atoms. The number of benzene rings is 1. The minimum atomic E-state index is -0.228. The van der Waals surface area contributed by atoms with Crippen molar-refractivity contribution in [2.45, 2.75) is 44.1 Å². The standard InChI is InChI=1S/C20H26FN5O/c1-24(2)20(27)25-11-9-16(10-12-25)19-22-18(15-5-6-15)23-26(19)13-14-3-7-17(21)8-4-14/h3-4,7-8,15-16H,5-6,9-13H2,1-2H3. The third kappa shape index (κ3) is 3.96. The van der Waals surface area contributed by atoms with Gasteiger partial charge in [0, 0.05) is 39.0 Å². The number of hydrogen-bond acceptors (Lipinski definition) is 3. The largest absolute Gasteiger partial charge is 0.331 e. The van der Waals surface area contributed by atoms with Gasteiger partial charge in [0.1, 0.15) is 11.6 Å². The lowest BCUT2D eigenvalue weighted by Gasteiger charge is -2.33. The van der Waals surface area contributed by atoms with Crippen molar-refractivity contribution in [1.82, 2.24) is 24.6 Å². The molecule has 1 aliphatic carbocycles. The van der Waals surface area contributed by atoms with Crippen LogP contribution >= 0.6 is 0 Å². The zero-order valence-corrected chi connectivity index (χ0v) is 15.9. The van der Waals surface area contributed by atoms with Gasteiger partial charge in [-0.1, -0.05) is 12.1 Å². The molecule has 2 heterocycles. The lowest BCUT2D eigenvalue weighted by atomic mass is 9.96. The quantitative estimate of drug-likeness (QED) is 0.829. The van der Waals surface area contributed by atoms with Crippen molar-refractivity contribution in [2.24, 2.45) is 0 Å². The normalized spacial score (nSPS) is 18.0. The number of halogens is 1. The van der Waals surface area contributed by atoms with Crippen LogP contribution in [0.5, 0.6) is 0 Å². The van der Waals surface area contributed by atoms with Crippen molar-refractivity contribution in [3.8, 4) is 0 Å². The highest BCUT2D eigenvalue weighted by Crippen LogP contribution is 2.39. The number of carbonyl (C=O) groups is 1. The number of likely N-dealkylation sites (tertiary alicyclic amines) is 1. The Labute approximate surface area is 159 Å². The molecule has 1 aromatic heterocycles. The average molecular weight is 371 g/mol. The summed E-state index contributed by atoms with van der Waals surface area (Å²) in [6.45, 7) is 2.08. The van der Waals surface area contributed by atoms with E-state index in [-0.39, 0.29) is 11.8 Å². The molecule has 0 unspecified atom stereocenters. The number of rotatable bonds is 4. The predicted molar refractivity (Wildman–Crippen MR) is 100 cm³/mol. The van der Waals surface area contributed by atoms with Crippen LogP contribution in [0.15, 0.2) is 24.3 Å². The van der Waals surface area contributed by atoms with Crippen LogP contribution < -0.4 is 0 Å². The summed E-state index contributed by atoms with van der Waals surface area (Å²) in [6.07, 6.45) is 4.11. The molecule has 0 radical (unpaired) electrons. The monoisotopic (exact) mass is 371 g/mol. The predicted octanol–water partition coefficient (Wildman–Crippen LogP) is 3.20. The topological polar surface area (TPSA) is 54.3 Å². The summed E-state index contributed by atoms with van der Waals surface area (Å²) in [7, 11) is 3.57. The fraction of sp³-hybridized carbons (Fsp3) is 0.550. The average Bonchev–Trinajstić information content (AvgIpc) is 3.44. The van der Waals surface area contributed by atoms with E-state index in [0.29, 0.717) is 18.4 Å². The molecule has 7 heteroatoms. The Kier molecular flexibility index (Phi) is 4.85. The van der Waals surface area contributed by atoms with Gasteiger partial charge in [-0.15, -0.1) is 0 Å². The molecule has 2 aliphatic rings. The van der Waals surface area contributed by atoms with Crippen LogP contribution in [-0.4, -0.2) is 57.8 Å². The van der Waals surface area contributed by atoms with Crippen LogP contribution in [0, 0.1) is 5.82 Å². The smallest absolute Gasteiger partial charge is 0.319 e. The molecule has 4 rings (SSSR count). The first-order valence-corrected chi connectivity index (χ1v) is 9.66. The zero-order valence-electron chi connectivity index (χ0n) is 15.9. The van der Waals surface area contributed by atoms with Gasteiger partial charge in [0.05, 0.1) is 6.54 Å². The fourth-order valence-corrected chi connectivity index (χ4v) is 3.68.